The summed E-state index contributed by atoms with van der Waals surface area (Å²) in [6, 6.07) is 19.3. The summed E-state index contributed by atoms with van der Waals surface area (Å²) < 4.78 is 0. The van der Waals surface area contributed by atoms with Gasteiger partial charge >= 0.3 is 0 Å². The summed E-state index contributed by atoms with van der Waals surface area (Å²) in [5, 5.41) is 6.20. The average molecular weight is 387 g/mol. The number of rotatable bonds is 6. The molecule has 0 aliphatic carbocycles. The Labute approximate surface area is 171 Å². The third-order valence-corrected chi connectivity index (χ3v) is 4.90. The Hall–Kier alpha value is -3.41. The second-order valence-corrected chi connectivity index (χ2v) is 7.30. The molecular weight excluding hydrogens is 362 g/mol. The first-order valence-corrected chi connectivity index (χ1v) is 9.97. The van der Waals surface area contributed by atoms with Gasteiger partial charge in [0.2, 0.25) is 11.9 Å². The number of benzene rings is 2. The third kappa shape index (κ3) is 5.10. The van der Waals surface area contributed by atoms with Crippen LogP contribution in [0.4, 0.5) is 23.1 Å². The molecule has 0 saturated carbocycles. The lowest BCUT2D eigenvalue weighted by molar-refractivity contribution is -0.115. The molecule has 1 amide bonds. The van der Waals surface area contributed by atoms with E-state index in [0.717, 1.165) is 41.5 Å². The highest BCUT2D eigenvalue weighted by Gasteiger charge is 2.15. The molecule has 148 valence electrons. The van der Waals surface area contributed by atoms with E-state index >= 15 is 0 Å². The Morgan fingerprint density at radius 2 is 1.66 bits per heavy atom. The summed E-state index contributed by atoms with van der Waals surface area (Å²) in [6.07, 6.45) is 2.78. The average Bonchev–Trinajstić information content (AvgIpc) is 3.25. The molecule has 1 aliphatic heterocycles. The van der Waals surface area contributed by atoms with E-state index in [4.69, 9.17) is 0 Å². The number of nitrogens with one attached hydrogen (secondary N) is 2. The van der Waals surface area contributed by atoms with Gasteiger partial charge in [-0.25, -0.2) is 4.98 Å². The summed E-state index contributed by atoms with van der Waals surface area (Å²) in [4.78, 5) is 23.7. The molecule has 2 N–H and O–H groups in total. The van der Waals surface area contributed by atoms with Crippen LogP contribution in [0, 0.1) is 6.92 Å². The Morgan fingerprint density at radius 1 is 0.966 bits per heavy atom. The van der Waals surface area contributed by atoms with Gasteiger partial charge in [-0.15, -0.1) is 0 Å². The van der Waals surface area contributed by atoms with Crippen molar-refractivity contribution in [3.63, 3.8) is 0 Å². The molecule has 4 rings (SSSR count). The molecule has 0 unspecified atom stereocenters. The lowest BCUT2D eigenvalue weighted by Crippen LogP contribution is -2.19. The molecule has 29 heavy (non-hydrogen) atoms. The van der Waals surface area contributed by atoms with E-state index < -0.39 is 0 Å². The van der Waals surface area contributed by atoms with Crippen LogP contribution in [-0.4, -0.2) is 29.0 Å². The predicted octanol–water partition coefficient (Wildman–Crippen LogP) is 4.31. The fourth-order valence-corrected chi connectivity index (χ4v) is 3.47. The van der Waals surface area contributed by atoms with Gasteiger partial charge in [-0.2, -0.15) is 4.98 Å². The number of hydrogen-bond donors (Lipinski definition) is 2. The zero-order valence-corrected chi connectivity index (χ0v) is 16.6. The van der Waals surface area contributed by atoms with Crippen molar-refractivity contribution < 1.29 is 4.79 Å². The van der Waals surface area contributed by atoms with Gasteiger partial charge in [-0.1, -0.05) is 30.3 Å². The molecule has 0 bridgehead atoms. The lowest BCUT2D eigenvalue weighted by atomic mass is 10.1. The number of carbonyl (C=O) groups excluding carboxylic acids is 1. The number of nitrogens with zero attached hydrogens (tertiary/aromatic N) is 3. The van der Waals surface area contributed by atoms with Crippen LogP contribution in [0.5, 0.6) is 0 Å². The van der Waals surface area contributed by atoms with Crippen LogP contribution in [0.1, 0.15) is 24.1 Å². The summed E-state index contributed by atoms with van der Waals surface area (Å²) in [7, 11) is 0. The van der Waals surface area contributed by atoms with Gasteiger partial charge in [-0.3, -0.25) is 4.79 Å². The number of hydrogen-bond acceptors (Lipinski definition) is 5. The van der Waals surface area contributed by atoms with E-state index in [2.05, 4.69) is 25.5 Å². The number of aromatic nitrogens is 2. The Kier molecular flexibility index (Phi) is 5.70. The van der Waals surface area contributed by atoms with Crippen LogP contribution in [0.25, 0.3) is 0 Å². The number of amides is 1. The standard InChI is InChI=1S/C23H25N5O/c1-17-15-21(28-13-5-6-14-28)27-23(24-17)26-20-11-9-19(10-12-20)25-22(29)16-18-7-3-2-4-8-18/h2-4,7-12,15H,5-6,13-14,16H2,1H3,(H,25,29)(H,24,26,27). The zero-order valence-electron chi connectivity index (χ0n) is 16.6. The Morgan fingerprint density at radius 3 is 2.38 bits per heavy atom. The summed E-state index contributed by atoms with van der Waals surface area (Å²) in [6.45, 7) is 4.08. The largest absolute Gasteiger partial charge is 0.356 e. The van der Waals surface area contributed by atoms with E-state index in [0.29, 0.717) is 12.4 Å². The minimum atomic E-state index is -0.0332. The molecule has 0 spiro atoms. The van der Waals surface area contributed by atoms with Gasteiger partial charge in [0.1, 0.15) is 5.82 Å². The monoisotopic (exact) mass is 387 g/mol. The van der Waals surface area contributed by atoms with Crippen molar-refractivity contribution in [1.29, 1.82) is 0 Å². The second kappa shape index (κ2) is 8.73. The molecule has 6 heteroatoms. The SMILES string of the molecule is Cc1cc(N2CCCC2)nc(Nc2ccc(NC(=O)Cc3ccccc3)cc2)n1. The van der Waals surface area contributed by atoms with Crippen molar-refractivity contribution in [2.24, 2.45) is 0 Å². The van der Waals surface area contributed by atoms with Gasteiger partial charge in [0.15, 0.2) is 0 Å². The lowest BCUT2D eigenvalue weighted by Gasteiger charge is -2.17. The van der Waals surface area contributed by atoms with Gasteiger partial charge < -0.3 is 15.5 Å². The van der Waals surface area contributed by atoms with Crippen LogP contribution in [0.15, 0.2) is 60.7 Å². The van der Waals surface area contributed by atoms with E-state index in [1.165, 1.54) is 12.8 Å². The molecule has 1 saturated heterocycles. The summed E-state index contributed by atoms with van der Waals surface area (Å²) in [5.41, 5.74) is 3.58. The van der Waals surface area contributed by atoms with Crippen LogP contribution in [-0.2, 0) is 11.2 Å². The van der Waals surface area contributed by atoms with Crippen LogP contribution in [0.3, 0.4) is 0 Å². The smallest absolute Gasteiger partial charge is 0.229 e. The van der Waals surface area contributed by atoms with Crippen LogP contribution < -0.4 is 15.5 Å². The molecule has 1 fully saturated rings. The fourth-order valence-electron chi connectivity index (χ4n) is 3.47. The normalized spacial score (nSPS) is 13.3. The number of anilines is 4. The minimum absolute atomic E-state index is 0.0332. The van der Waals surface area contributed by atoms with Crippen molar-refractivity contribution in [3.8, 4) is 0 Å². The maximum atomic E-state index is 12.2. The predicted molar refractivity (Wildman–Crippen MR) is 117 cm³/mol. The van der Waals surface area contributed by atoms with Crippen molar-refractivity contribution >= 4 is 29.0 Å². The van der Waals surface area contributed by atoms with Crippen LogP contribution >= 0.6 is 0 Å². The molecule has 0 radical (unpaired) electrons. The molecule has 2 heterocycles. The zero-order chi connectivity index (χ0) is 20.1. The summed E-state index contributed by atoms with van der Waals surface area (Å²) in [5.74, 6) is 1.53. The molecule has 1 aromatic heterocycles. The molecular formula is C23H25N5O. The van der Waals surface area contributed by atoms with Gasteiger partial charge in [0.05, 0.1) is 6.42 Å². The van der Waals surface area contributed by atoms with Crippen molar-refractivity contribution in [1.82, 2.24) is 9.97 Å². The quantitative estimate of drug-likeness (QED) is 0.660. The fraction of sp³-hybridized carbons (Fsp3) is 0.261. The van der Waals surface area contributed by atoms with Crippen molar-refractivity contribution in [3.05, 3.63) is 71.9 Å². The third-order valence-electron chi connectivity index (χ3n) is 4.90. The van der Waals surface area contributed by atoms with E-state index in [-0.39, 0.29) is 5.91 Å². The minimum Gasteiger partial charge on any atom is -0.356 e. The van der Waals surface area contributed by atoms with Gasteiger partial charge in [-0.05, 0) is 49.6 Å². The van der Waals surface area contributed by atoms with E-state index in [9.17, 15) is 4.79 Å². The van der Waals surface area contributed by atoms with Crippen LogP contribution in [0.2, 0.25) is 0 Å². The molecule has 2 aromatic carbocycles. The first-order valence-electron chi connectivity index (χ1n) is 9.97. The summed E-state index contributed by atoms with van der Waals surface area (Å²) >= 11 is 0. The van der Waals surface area contributed by atoms with Gasteiger partial charge in [0.25, 0.3) is 0 Å². The molecule has 3 aromatic rings. The Bertz CT molecular complexity index is 966. The highest BCUT2D eigenvalue weighted by Crippen LogP contribution is 2.22. The first kappa shape index (κ1) is 18.9. The van der Waals surface area contributed by atoms with Gasteiger partial charge in [0, 0.05) is 36.2 Å². The maximum absolute atomic E-state index is 12.2. The first-order chi connectivity index (χ1) is 14.2. The number of carbonyl (C=O) groups is 1. The molecule has 0 atom stereocenters. The second-order valence-electron chi connectivity index (χ2n) is 7.30. The number of aryl methyl sites for hydroxylation is 1. The van der Waals surface area contributed by atoms with Crippen molar-refractivity contribution in [2.75, 3.05) is 28.6 Å². The Balaban J connectivity index is 1.39. The van der Waals surface area contributed by atoms with Crippen molar-refractivity contribution in [2.45, 2.75) is 26.2 Å². The maximum Gasteiger partial charge on any atom is 0.229 e. The highest BCUT2D eigenvalue weighted by molar-refractivity contribution is 5.92. The molecule has 1 aliphatic rings. The highest BCUT2D eigenvalue weighted by atomic mass is 16.1. The molecule has 6 nitrogen and oxygen atoms in total. The van der Waals surface area contributed by atoms with E-state index in [1.807, 2.05) is 67.6 Å². The van der Waals surface area contributed by atoms with E-state index in [1.54, 1.807) is 0 Å². The topological polar surface area (TPSA) is 70.2 Å².